The zero-order chi connectivity index (χ0) is 18.4. The molecule has 1 saturated heterocycles. The van der Waals surface area contributed by atoms with E-state index in [1.165, 1.54) is 11.1 Å². The van der Waals surface area contributed by atoms with Gasteiger partial charge in [-0.15, -0.1) is 5.10 Å². The predicted molar refractivity (Wildman–Crippen MR) is 100 cm³/mol. The molecule has 0 spiro atoms. The van der Waals surface area contributed by atoms with E-state index >= 15 is 0 Å². The molecule has 1 atom stereocenters. The van der Waals surface area contributed by atoms with E-state index < -0.39 is 0 Å². The van der Waals surface area contributed by atoms with Crippen LogP contribution in [0.15, 0.2) is 42.9 Å². The summed E-state index contributed by atoms with van der Waals surface area (Å²) in [7, 11) is 0. The van der Waals surface area contributed by atoms with Gasteiger partial charge in [0.15, 0.2) is 11.6 Å². The Bertz CT molecular complexity index is 983. The van der Waals surface area contributed by atoms with Gasteiger partial charge in [-0.2, -0.15) is 4.68 Å². The number of amides is 1. The molecule has 2 aliphatic heterocycles. The number of carbonyl (C=O) groups excluding carboxylic acids is 1. The van der Waals surface area contributed by atoms with Crippen LogP contribution < -0.4 is 9.80 Å². The van der Waals surface area contributed by atoms with Gasteiger partial charge in [0.25, 0.3) is 0 Å². The van der Waals surface area contributed by atoms with Gasteiger partial charge in [0.1, 0.15) is 5.82 Å². The highest BCUT2D eigenvalue weighted by Gasteiger charge is 2.32. The summed E-state index contributed by atoms with van der Waals surface area (Å²) >= 11 is 0. The van der Waals surface area contributed by atoms with E-state index in [1.54, 1.807) is 29.6 Å². The van der Waals surface area contributed by atoms with Crippen molar-refractivity contribution >= 4 is 17.5 Å². The zero-order valence-corrected chi connectivity index (χ0v) is 15.0. The lowest BCUT2D eigenvalue weighted by molar-refractivity contribution is 0.248. The number of aromatic nitrogens is 5. The largest absolute Gasteiger partial charge is 0.356 e. The minimum Gasteiger partial charge on any atom is -0.356 e. The summed E-state index contributed by atoms with van der Waals surface area (Å²) < 4.78 is 1.36. The van der Waals surface area contributed by atoms with Crippen LogP contribution in [0.2, 0.25) is 0 Å². The molecule has 0 unspecified atom stereocenters. The lowest BCUT2D eigenvalue weighted by atomic mass is 10.2. The summed E-state index contributed by atoms with van der Waals surface area (Å²) in [6.45, 7) is 4.73. The van der Waals surface area contributed by atoms with Crippen molar-refractivity contribution in [3.63, 3.8) is 0 Å². The maximum Gasteiger partial charge on any atom is 0.351 e. The molecule has 8 heteroatoms. The number of hydrogen-bond acceptors (Lipinski definition) is 6. The van der Waals surface area contributed by atoms with Gasteiger partial charge in [0, 0.05) is 31.0 Å². The first-order valence-corrected chi connectivity index (χ1v) is 9.08. The molecule has 0 aliphatic carbocycles. The van der Waals surface area contributed by atoms with Crippen LogP contribution in [0.5, 0.6) is 0 Å². The van der Waals surface area contributed by atoms with E-state index in [0.717, 1.165) is 30.2 Å². The van der Waals surface area contributed by atoms with E-state index in [4.69, 9.17) is 0 Å². The average molecular weight is 361 g/mol. The van der Waals surface area contributed by atoms with Gasteiger partial charge in [0.2, 0.25) is 0 Å². The van der Waals surface area contributed by atoms with Crippen LogP contribution in [-0.2, 0) is 6.54 Å². The van der Waals surface area contributed by atoms with Crippen LogP contribution in [0.3, 0.4) is 0 Å². The Morgan fingerprint density at radius 1 is 1.19 bits per heavy atom. The van der Waals surface area contributed by atoms with E-state index in [2.05, 4.69) is 31.9 Å². The molecule has 0 N–H and O–H groups in total. The Labute approximate surface area is 156 Å². The molecule has 1 amide bonds. The van der Waals surface area contributed by atoms with Crippen LogP contribution in [0.1, 0.15) is 19.2 Å². The fourth-order valence-corrected chi connectivity index (χ4v) is 3.61. The van der Waals surface area contributed by atoms with Crippen molar-refractivity contribution in [2.45, 2.75) is 19.9 Å². The number of hydrogen-bond donors (Lipinski definition) is 0. The second-order valence-electron chi connectivity index (χ2n) is 7.09. The maximum absolute atomic E-state index is 12.6. The normalized spacial score (nSPS) is 19.0. The van der Waals surface area contributed by atoms with E-state index in [0.29, 0.717) is 24.1 Å². The maximum atomic E-state index is 12.6. The molecule has 0 radical (unpaired) electrons. The van der Waals surface area contributed by atoms with E-state index in [-0.39, 0.29) is 6.03 Å². The number of anilines is 2. The third-order valence-corrected chi connectivity index (χ3v) is 5.10. The zero-order valence-electron chi connectivity index (χ0n) is 15.0. The van der Waals surface area contributed by atoms with Crippen LogP contribution in [0, 0.1) is 5.92 Å². The van der Waals surface area contributed by atoms with E-state index in [1.807, 2.05) is 18.2 Å². The van der Waals surface area contributed by atoms with Crippen molar-refractivity contribution in [3.05, 3.63) is 48.7 Å². The fourth-order valence-electron chi connectivity index (χ4n) is 3.61. The number of pyridine rings is 2. The van der Waals surface area contributed by atoms with E-state index in [9.17, 15) is 4.79 Å². The second kappa shape index (κ2) is 6.15. The Morgan fingerprint density at radius 2 is 2.11 bits per heavy atom. The van der Waals surface area contributed by atoms with Gasteiger partial charge in [-0.05, 0) is 36.6 Å². The van der Waals surface area contributed by atoms with Gasteiger partial charge in [0.05, 0.1) is 18.4 Å². The monoisotopic (exact) mass is 361 g/mol. The van der Waals surface area contributed by atoms with Crippen molar-refractivity contribution in [1.82, 2.24) is 24.7 Å². The molecule has 5 rings (SSSR count). The molecule has 0 aromatic carbocycles. The van der Waals surface area contributed by atoms with Gasteiger partial charge in [-0.3, -0.25) is 9.88 Å². The molecule has 3 aromatic heterocycles. The Balaban J connectivity index is 1.37. The topological polar surface area (TPSA) is 80.0 Å². The molecule has 8 nitrogen and oxygen atoms in total. The van der Waals surface area contributed by atoms with Crippen molar-refractivity contribution < 1.29 is 4.79 Å². The third-order valence-electron chi connectivity index (χ3n) is 5.10. The van der Waals surface area contributed by atoms with Gasteiger partial charge in [-0.25, -0.2) is 14.8 Å². The molecule has 3 aromatic rings. The summed E-state index contributed by atoms with van der Waals surface area (Å²) in [6.07, 6.45) is 6.33. The molecule has 27 heavy (non-hydrogen) atoms. The molecule has 5 heterocycles. The molecule has 0 saturated carbocycles. The average Bonchev–Trinajstić information content (AvgIpc) is 3.39. The summed E-state index contributed by atoms with van der Waals surface area (Å²) in [6, 6.07) is 7.41. The lowest BCUT2D eigenvalue weighted by Crippen LogP contribution is -2.26. The predicted octanol–water partition coefficient (Wildman–Crippen LogP) is 2.57. The van der Waals surface area contributed by atoms with Gasteiger partial charge < -0.3 is 4.90 Å². The minimum absolute atomic E-state index is 0.215. The number of carbonyl (C=O) groups is 1. The first kappa shape index (κ1) is 15.9. The molecular formula is C19H19N7O. The van der Waals surface area contributed by atoms with Crippen LogP contribution in [0.25, 0.3) is 11.4 Å². The Hall–Kier alpha value is -3.29. The van der Waals surface area contributed by atoms with Gasteiger partial charge >= 0.3 is 6.03 Å². The van der Waals surface area contributed by atoms with Crippen LogP contribution in [-0.4, -0.2) is 43.9 Å². The molecule has 0 bridgehead atoms. The van der Waals surface area contributed by atoms with Crippen LogP contribution >= 0.6 is 0 Å². The molecule has 1 fully saturated rings. The highest BCUT2D eigenvalue weighted by atomic mass is 16.2. The summed E-state index contributed by atoms with van der Waals surface area (Å²) in [5.74, 6) is 2.83. The van der Waals surface area contributed by atoms with Crippen LogP contribution in [0.4, 0.5) is 16.3 Å². The first-order chi connectivity index (χ1) is 13.2. The second-order valence-corrected chi connectivity index (χ2v) is 7.09. The van der Waals surface area contributed by atoms with Crippen molar-refractivity contribution in [2.24, 2.45) is 5.92 Å². The number of nitrogens with zero attached hydrogens (tertiary/aromatic N) is 7. The molecular weight excluding hydrogens is 342 g/mol. The SMILES string of the molecule is C[C@H]1CCN(c2ccc(-c3nc4n(n3)C(=O)N(c3cccnc3)C4)cn2)C1. The fraction of sp³-hybridized carbons (Fsp3) is 0.316. The quantitative estimate of drug-likeness (QED) is 0.713. The highest BCUT2D eigenvalue weighted by molar-refractivity contribution is 5.95. The smallest absolute Gasteiger partial charge is 0.351 e. The molecule has 136 valence electrons. The Morgan fingerprint density at radius 3 is 2.78 bits per heavy atom. The summed E-state index contributed by atoms with van der Waals surface area (Å²) in [4.78, 5) is 29.7. The van der Waals surface area contributed by atoms with Crippen molar-refractivity contribution in [2.75, 3.05) is 22.9 Å². The summed E-state index contributed by atoms with van der Waals surface area (Å²) in [5, 5.41) is 4.40. The van der Waals surface area contributed by atoms with Crippen molar-refractivity contribution in [3.8, 4) is 11.4 Å². The standard InChI is InChI=1S/C19H19N7O/c1-13-6-8-24(11-13)16-5-4-14(9-21-16)18-22-17-12-25(19(27)26(17)23-18)15-3-2-7-20-10-15/h2-5,7,9-10,13H,6,8,11-12H2,1H3/t13-/m0/s1. The highest BCUT2D eigenvalue weighted by Crippen LogP contribution is 2.26. The summed E-state index contributed by atoms with van der Waals surface area (Å²) in [5.41, 5.74) is 1.55. The number of fused-ring (bicyclic) bond motifs is 1. The minimum atomic E-state index is -0.215. The first-order valence-electron chi connectivity index (χ1n) is 9.08. The molecule has 2 aliphatic rings. The number of rotatable bonds is 3. The lowest BCUT2D eigenvalue weighted by Gasteiger charge is -2.16. The van der Waals surface area contributed by atoms with Gasteiger partial charge in [-0.1, -0.05) is 6.92 Å². The Kier molecular flexibility index (Phi) is 3.63. The third kappa shape index (κ3) is 2.73. The van der Waals surface area contributed by atoms with Crippen molar-refractivity contribution in [1.29, 1.82) is 0 Å².